The lowest BCUT2D eigenvalue weighted by atomic mass is 9.82. The van der Waals surface area contributed by atoms with E-state index in [9.17, 15) is 9.59 Å². The number of ether oxygens (including phenoxy) is 2. The van der Waals surface area contributed by atoms with Crippen molar-refractivity contribution in [2.24, 2.45) is 0 Å². The number of pyridine rings is 1. The van der Waals surface area contributed by atoms with E-state index in [4.69, 9.17) is 9.47 Å². The Morgan fingerprint density at radius 2 is 1.75 bits per heavy atom. The lowest BCUT2D eigenvalue weighted by molar-refractivity contribution is -0.139. The molecule has 0 spiro atoms. The number of carbonyl (C=O) groups excluding carboxylic acids is 2. The van der Waals surface area contributed by atoms with Gasteiger partial charge in [-0.2, -0.15) is 0 Å². The standard InChI is InChI=1S/C18H22N2O4/c1-6-24-18(22)15-12(4)20-11(3)14(17(21)23-5)16(15)13-9-7-8-10(2)19-13/h7-9,16,20H,6H2,1-5H3. The molecule has 1 unspecified atom stereocenters. The SMILES string of the molecule is CCOC(=O)C1=C(C)NC(C)=C(C(=O)OC)C1c1cccc(C)n1. The number of esters is 2. The molecule has 0 radical (unpaired) electrons. The van der Waals surface area contributed by atoms with Crippen molar-refractivity contribution < 1.29 is 19.1 Å². The molecule has 6 nitrogen and oxygen atoms in total. The van der Waals surface area contributed by atoms with E-state index in [2.05, 4.69) is 10.3 Å². The number of aromatic nitrogens is 1. The Morgan fingerprint density at radius 1 is 1.12 bits per heavy atom. The second kappa shape index (κ2) is 7.29. The zero-order valence-corrected chi connectivity index (χ0v) is 14.6. The summed E-state index contributed by atoms with van der Waals surface area (Å²) in [4.78, 5) is 29.4. The van der Waals surface area contributed by atoms with Crippen LogP contribution in [0.5, 0.6) is 0 Å². The third kappa shape index (κ3) is 3.32. The molecule has 0 saturated carbocycles. The van der Waals surface area contributed by atoms with E-state index in [1.165, 1.54) is 7.11 Å². The van der Waals surface area contributed by atoms with E-state index < -0.39 is 17.9 Å². The van der Waals surface area contributed by atoms with Crippen LogP contribution in [0, 0.1) is 6.92 Å². The summed E-state index contributed by atoms with van der Waals surface area (Å²) in [5.41, 5.74) is 3.44. The Morgan fingerprint density at radius 3 is 2.29 bits per heavy atom. The molecule has 1 aromatic rings. The van der Waals surface area contributed by atoms with Gasteiger partial charge in [0, 0.05) is 17.1 Å². The number of methoxy groups -OCH3 is 1. The minimum Gasteiger partial charge on any atom is -0.466 e. The molecule has 1 aliphatic heterocycles. The maximum atomic E-state index is 12.5. The summed E-state index contributed by atoms with van der Waals surface area (Å²) in [7, 11) is 1.32. The Hall–Kier alpha value is -2.63. The smallest absolute Gasteiger partial charge is 0.336 e. The van der Waals surface area contributed by atoms with E-state index in [1.54, 1.807) is 26.8 Å². The van der Waals surface area contributed by atoms with Crippen LogP contribution in [0.3, 0.4) is 0 Å². The van der Waals surface area contributed by atoms with Crippen molar-refractivity contribution in [3.8, 4) is 0 Å². The summed E-state index contributed by atoms with van der Waals surface area (Å²) in [5, 5.41) is 3.08. The molecular formula is C18H22N2O4. The molecule has 128 valence electrons. The van der Waals surface area contributed by atoms with Gasteiger partial charge < -0.3 is 14.8 Å². The minimum atomic E-state index is -0.627. The molecule has 1 aromatic heterocycles. The van der Waals surface area contributed by atoms with Crippen molar-refractivity contribution >= 4 is 11.9 Å². The fourth-order valence-corrected chi connectivity index (χ4v) is 2.87. The summed E-state index contributed by atoms with van der Waals surface area (Å²) < 4.78 is 10.1. The first-order valence-electron chi connectivity index (χ1n) is 7.78. The van der Waals surface area contributed by atoms with Crippen molar-refractivity contribution in [1.82, 2.24) is 10.3 Å². The monoisotopic (exact) mass is 330 g/mol. The first-order valence-corrected chi connectivity index (χ1v) is 7.78. The molecule has 0 fully saturated rings. The number of nitrogens with one attached hydrogen (secondary N) is 1. The lowest BCUT2D eigenvalue weighted by Gasteiger charge is -2.29. The summed E-state index contributed by atoms with van der Waals surface area (Å²) in [6.45, 7) is 7.42. The first-order chi connectivity index (χ1) is 11.4. The van der Waals surface area contributed by atoms with Gasteiger partial charge in [-0.05, 0) is 39.8 Å². The number of dihydropyridines is 1. The average Bonchev–Trinajstić information content (AvgIpc) is 2.53. The summed E-state index contributed by atoms with van der Waals surface area (Å²) >= 11 is 0. The molecule has 0 aromatic carbocycles. The molecule has 2 rings (SSSR count). The normalized spacial score (nSPS) is 17.5. The Kier molecular flexibility index (Phi) is 5.39. The highest BCUT2D eigenvalue weighted by Gasteiger charge is 2.38. The number of aryl methyl sites for hydroxylation is 1. The second-order valence-electron chi connectivity index (χ2n) is 5.55. The molecule has 0 bridgehead atoms. The topological polar surface area (TPSA) is 77.5 Å². The van der Waals surface area contributed by atoms with Gasteiger partial charge in [-0.15, -0.1) is 0 Å². The maximum Gasteiger partial charge on any atom is 0.336 e. The molecule has 1 aliphatic rings. The number of hydrogen-bond donors (Lipinski definition) is 1. The predicted octanol–water partition coefficient (Wildman–Crippen LogP) is 2.36. The summed E-state index contributed by atoms with van der Waals surface area (Å²) in [6, 6.07) is 5.51. The van der Waals surface area contributed by atoms with Gasteiger partial charge in [0.15, 0.2) is 0 Å². The summed E-state index contributed by atoms with van der Waals surface area (Å²) in [5.74, 6) is -1.59. The third-order valence-electron chi connectivity index (χ3n) is 3.87. The molecule has 0 amide bonds. The van der Waals surface area contributed by atoms with Gasteiger partial charge in [-0.25, -0.2) is 9.59 Å². The van der Waals surface area contributed by atoms with Crippen LogP contribution >= 0.6 is 0 Å². The van der Waals surface area contributed by atoms with Crippen molar-refractivity contribution in [3.63, 3.8) is 0 Å². The van der Waals surface area contributed by atoms with Gasteiger partial charge in [0.2, 0.25) is 0 Å². The number of carbonyl (C=O) groups is 2. The van der Waals surface area contributed by atoms with E-state index >= 15 is 0 Å². The highest BCUT2D eigenvalue weighted by molar-refractivity contribution is 5.99. The third-order valence-corrected chi connectivity index (χ3v) is 3.87. The van der Waals surface area contributed by atoms with Crippen LogP contribution in [0.2, 0.25) is 0 Å². The van der Waals surface area contributed by atoms with Crippen molar-refractivity contribution in [2.75, 3.05) is 13.7 Å². The average molecular weight is 330 g/mol. The first kappa shape index (κ1) is 17.7. The van der Waals surface area contributed by atoms with E-state index in [-0.39, 0.29) is 6.61 Å². The highest BCUT2D eigenvalue weighted by Crippen LogP contribution is 2.38. The predicted molar refractivity (Wildman–Crippen MR) is 88.9 cm³/mol. The van der Waals surface area contributed by atoms with Crippen LogP contribution < -0.4 is 5.32 Å². The van der Waals surface area contributed by atoms with E-state index in [1.807, 2.05) is 19.1 Å². The zero-order chi connectivity index (χ0) is 17.9. The molecular weight excluding hydrogens is 308 g/mol. The molecule has 1 N–H and O–H groups in total. The number of nitrogens with zero attached hydrogens (tertiary/aromatic N) is 1. The van der Waals surface area contributed by atoms with Gasteiger partial charge in [0.05, 0.1) is 36.5 Å². The fraction of sp³-hybridized carbons (Fsp3) is 0.389. The quantitative estimate of drug-likeness (QED) is 0.854. The van der Waals surface area contributed by atoms with Gasteiger partial charge in [0.1, 0.15) is 0 Å². The number of allylic oxidation sites excluding steroid dienone is 2. The molecule has 24 heavy (non-hydrogen) atoms. The van der Waals surface area contributed by atoms with Crippen LogP contribution in [-0.4, -0.2) is 30.6 Å². The van der Waals surface area contributed by atoms with Crippen LogP contribution in [0.4, 0.5) is 0 Å². The van der Waals surface area contributed by atoms with Gasteiger partial charge in [0.25, 0.3) is 0 Å². The van der Waals surface area contributed by atoms with Crippen LogP contribution in [-0.2, 0) is 19.1 Å². The number of hydrogen-bond acceptors (Lipinski definition) is 6. The Labute approximate surface area is 141 Å². The van der Waals surface area contributed by atoms with E-state index in [0.29, 0.717) is 28.2 Å². The van der Waals surface area contributed by atoms with Gasteiger partial charge >= 0.3 is 11.9 Å². The largest absolute Gasteiger partial charge is 0.466 e. The van der Waals surface area contributed by atoms with Crippen molar-refractivity contribution in [3.05, 3.63) is 52.1 Å². The fourth-order valence-electron chi connectivity index (χ4n) is 2.87. The van der Waals surface area contributed by atoms with Crippen molar-refractivity contribution in [2.45, 2.75) is 33.6 Å². The van der Waals surface area contributed by atoms with E-state index in [0.717, 1.165) is 5.69 Å². The Balaban J connectivity index is 2.66. The minimum absolute atomic E-state index is 0.250. The van der Waals surface area contributed by atoms with Gasteiger partial charge in [-0.3, -0.25) is 4.98 Å². The van der Waals surface area contributed by atoms with Gasteiger partial charge in [-0.1, -0.05) is 6.07 Å². The lowest BCUT2D eigenvalue weighted by Crippen LogP contribution is -2.32. The molecule has 0 aliphatic carbocycles. The van der Waals surface area contributed by atoms with Crippen LogP contribution in [0.1, 0.15) is 38.1 Å². The van der Waals surface area contributed by atoms with Crippen molar-refractivity contribution in [1.29, 1.82) is 0 Å². The van der Waals surface area contributed by atoms with Crippen LogP contribution in [0.25, 0.3) is 0 Å². The summed E-state index contributed by atoms with van der Waals surface area (Å²) in [6.07, 6.45) is 0. The molecule has 0 saturated heterocycles. The molecule has 2 heterocycles. The highest BCUT2D eigenvalue weighted by atomic mass is 16.5. The van der Waals surface area contributed by atoms with Crippen LogP contribution in [0.15, 0.2) is 40.7 Å². The second-order valence-corrected chi connectivity index (χ2v) is 5.55. The maximum absolute atomic E-state index is 12.5. The number of rotatable bonds is 4. The molecule has 1 atom stereocenters. The Bertz CT molecular complexity index is 734. The zero-order valence-electron chi connectivity index (χ0n) is 14.6. The molecule has 6 heteroatoms.